The molecule has 0 aromatic rings. The van der Waals surface area contributed by atoms with Crippen LogP contribution in [0.1, 0.15) is 6.92 Å². The molecular formula is C9H15NO3. The Labute approximate surface area is 77.9 Å². The Morgan fingerprint density at radius 1 is 1.69 bits per heavy atom. The zero-order valence-corrected chi connectivity index (χ0v) is 7.75. The smallest absolute Gasteiger partial charge is 0.407 e. The fourth-order valence-electron chi connectivity index (χ4n) is 0.477. The quantitative estimate of drug-likeness (QED) is 0.624. The standard InChI is InChI=1S/C9H15NO3/c1-4-6-10-8(11)13-7-9(3,12)5-2/h4-5,12H,1-2,6-7H2,3H3,(H,10,11). The zero-order valence-electron chi connectivity index (χ0n) is 7.75. The van der Waals surface area contributed by atoms with Gasteiger partial charge in [0.2, 0.25) is 0 Å². The van der Waals surface area contributed by atoms with E-state index >= 15 is 0 Å². The van der Waals surface area contributed by atoms with Gasteiger partial charge < -0.3 is 15.2 Å². The summed E-state index contributed by atoms with van der Waals surface area (Å²) in [7, 11) is 0. The van der Waals surface area contributed by atoms with Crippen LogP contribution in [0.15, 0.2) is 25.3 Å². The Morgan fingerprint density at radius 2 is 2.31 bits per heavy atom. The van der Waals surface area contributed by atoms with Crippen LogP contribution in [0.2, 0.25) is 0 Å². The van der Waals surface area contributed by atoms with Crippen LogP contribution >= 0.6 is 0 Å². The Bertz CT molecular complexity index is 199. The molecule has 0 heterocycles. The molecule has 0 rings (SSSR count). The number of rotatable bonds is 5. The molecule has 0 bridgehead atoms. The summed E-state index contributed by atoms with van der Waals surface area (Å²) in [5.41, 5.74) is -1.18. The maximum absolute atomic E-state index is 10.8. The molecule has 0 radical (unpaired) electrons. The van der Waals surface area contributed by atoms with E-state index in [1.54, 1.807) is 0 Å². The maximum atomic E-state index is 10.8. The lowest BCUT2D eigenvalue weighted by molar-refractivity contribution is 0.0288. The van der Waals surface area contributed by atoms with E-state index in [2.05, 4.69) is 23.2 Å². The van der Waals surface area contributed by atoms with Crippen LogP contribution in [0.4, 0.5) is 4.79 Å². The van der Waals surface area contributed by atoms with Gasteiger partial charge in [0.15, 0.2) is 0 Å². The second-order valence-electron chi connectivity index (χ2n) is 2.81. The van der Waals surface area contributed by atoms with Gasteiger partial charge in [-0.05, 0) is 6.92 Å². The summed E-state index contributed by atoms with van der Waals surface area (Å²) < 4.78 is 4.68. The molecule has 0 aliphatic heterocycles. The van der Waals surface area contributed by atoms with Gasteiger partial charge in [-0.1, -0.05) is 12.2 Å². The van der Waals surface area contributed by atoms with Gasteiger partial charge >= 0.3 is 6.09 Å². The lowest BCUT2D eigenvalue weighted by atomic mass is 10.1. The summed E-state index contributed by atoms with van der Waals surface area (Å²) >= 11 is 0. The summed E-state index contributed by atoms with van der Waals surface area (Å²) in [6.45, 7) is 8.55. The number of aliphatic hydroxyl groups is 1. The summed E-state index contributed by atoms with van der Waals surface area (Å²) in [5.74, 6) is 0. The first-order valence-corrected chi connectivity index (χ1v) is 3.89. The number of nitrogens with one attached hydrogen (secondary N) is 1. The highest BCUT2D eigenvalue weighted by Crippen LogP contribution is 2.03. The number of hydrogen-bond donors (Lipinski definition) is 2. The molecule has 0 aromatic carbocycles. The summed E-state index contributed by atoms with van der Waals surface area (Å²) in [5, 5.41) is 11.8. The molecule has 0 aliphatic carbocycles. The van der Waals surface area contributed by atoms with E-state index in [1.165, 1.54) is 19.1 Å². The summed E-state index contributed by atoms with van der Waals surface area (Å²) in [6, 6.07) is 0. The third kappa shape index (κ3) is 5.93. The van der Waals surface area contributed by atoms with Crippen molar-refractivity contribution in [2.45, 2.75) is 12.5 Å². The van der Waals surface area contributed by atoms with Crippen molar-refractivity contribution in [2.24, 2.45) is 0 Å². The summed E-state index contributed by atoms with van der Waals surface area (Å²) in [4.78, 5) is 10.8. The average Bonchev–Trinajstić information content (AvgIpc) is 2.11. The normalized spacial score (nSPS) is 14.0. The van der Waals surface area contributed by atoms with Gasteiger partial charge in [0, 0.05) is 6.54 Å². The highest BCUT2D eigenvalue weighted by molar-refractivity contribution is 5.67. The Morgan fingerprint density at radius 3 is 2.77 bits per heavy atom. The number of carbonyl (C=O) groups excluding carboxylic acids is 1. The van der Waals surface area contributed by atoms with Crippen molar-refractivity contribution in [2.75, 3.05) is 13.2 Å². The third-order valence-electron chi connectivity index (χ3n) is 1.33. The topological polar surface area (TPSA) is 58.6 Å². The first kappa shape index (κ1) is 11.7. The predicted octanol–water partition coefficient (Wildman–Crippen LogP) is 0.836. The molecule has 2 N–H and O–H groups in total. The van der Waals surface area contributed by atoms with Gasteiger partial charge in [-0.25, -0.2) is 4.79 Å². The first-order valence-electron chi connectivity index (χ1n) is 3.89. The van der Waals surface area contributed by atoms with Crippen molar-refractivity contribution in [1.29, 1.82) is 0 Å². The van der Waals surface area contributed by atoms with E-state index in [9.17, 15) is 9.90 Å². The monoisotopic (exact) mass is 185 g/mol. The van der Waals surface area contributed by atoms with Crippen molar-refractivity contribution < 1.29 is 14.6 Å². The zero-order chi connectivity index (χ0) is 10.3. The average molecular weight is 185 g/mol. The van der Waals surface area contributed by atoms with Gasteiger partial charge in [-0.2, -0.15) is 0 Å². The minimum Gasteiger partial charge on any atom is -0.446 e. The van der Waals surface area contributed by atoms with Crippen molar-refractivity contribution in [1.82, 2.24) is 5.32 Å². The van der Waals surface area contributed by atoms with Gasteiger partial charge in [-0.15, -0.1) is 13.2 Å². The molecular weight excluding hydrogens is 170 g/mol. The molecule has 0 saturated carbocycles. The highest BCUT2D eigenvalue weighted by Gasteiger charge is 2.17. The van der Waals surface area contributed by atoms with Gasteiger partial charge in [0.25, 0.3) is 0 Å². The first-order chi connectivity index (χ1) is 6.02. The minimum absolute atomic E-state index is 0.112. The molecule has 4 heteroatoms. The Kier molecular flexibility index (Phi) is 4.84. The number of amides is 1. The van der Waals surface area contributed by atoms with Crippen LogP contribution in [0.25, 0.3) is 0 Å². The molecule has 1 unspecified atom stereocenters. The maximum Gasteiger partial charge on any atom is 0.407 e. The molecule has 0 saturated heterocycles. The van der Waals surface area contributed by atoms with Crippen LogP contribution < -0.4 is 5.32 Å². The van der Waals surface area contributed by atoms with Crippen LogP contribution in [0.5, 0.6) is 0 Å². The van der Waals surface area contributed by atoms with Gasteiger partial charge in [0.05, 0.1) is 0 Å². The molecule has 1 amide bonds. The SMILES string of the molecule is C=CCNC(=O)OCC(C)(O)C=C. The van der Waals surface area contributed by atoms with Crippen molar-refractivity contribution in [3.05, 3.63) is 25.3 Å². The van der Waals surface area contributed by atoms with Crippen LogP contribution in [-0.4, -0.2) is 30.0 Å². The van der Waals surface area contributed by atoms with Crippen LogP contribution in [0.3, 0.4) is 0 Å². The van der Waals surface area contributed by atoms with Crippen LogP contribution in [0, 0.1) is 0 Å². The second-order valence-corrected chi connectivity index (χ2v) is 2.81. The van der Waals surface area contributed by atoms with Gasteiger partial charge in [0.1, 0.15) is 12.2 Å². The fourth-order valence-corrected chi connectivity index (χ4v) is 0.477. The highest BCUT2D eigenvalue weighted by atomic mass is 16.6. The van der Waals surface area contributed by atoms with E-state index in [1.807, 2.05) is 0 Å². The lowest BCUT2D eigenvalue weighted by Crippen LogP contribution is -2.33. The van der Waals surface area contributed by atoms with E-state index in [-0.39, 0.29) is 6.61 Å². The fraction of sp³-hybridized carbons (Fsp3) is 0.444. The lowest BCUT2D eigenvalue weighted by Gasteiger charge is -2.17. The Balaban J connectivity index is 3.69. The third-order valence-corrected chi connectivity index (χ3v) is 1.33. The van der Waals surface area contributed by atoms with Crippen molar-refractivity contribution in [3.63, 3.8) is 0 Å². The molecule has 1 atom stereocenters. The predicted molar refractivity (Wildman–Crippen MR) is 50.4 cm³/mol. The second kappa shape index (κ2) is 5.37. The largest absolute Gasteiger partial charge is 0.446 e. The Hall–Kier alpha value is -1.29. The molecule has 0 spiro atoms. The molecule has 13 heavy (non-hydrogen) atoms. The number of hydrogen-bond acceptors (Lipinski definition) is 3. The van der Waals surface area contributed by atoms with E-state index in [4.69, 9.17) is 0 Å². The minimum atomic E-state index is -1.18. The molecule has 0 fully saturated rings. The molecule has 0 aliphatic rings. The van der Waals surface area contributed by atoms with Crippen molar-refractivity contribution >= 4 is 6.09 Å². The molecule has 0 aromatic heterocycles. The number of alkyl carbamates (subject to hydrolysis) is 1. The molecule has 74 valence electrons. The van der Waals surface area contributed by atoms with E-state index in [0.717, 1.165) is 0 Å². The van der Waals surface area contributed by atoms with Crippen LogP contribution in [-0.2, 0) is 4.74 Å². The summed E-state index contributed by atoms with van der Waals surface area (Å²) in [6.07, 6.45) is 2.27. The van der Waals surface area contributed by atoms with Crippen molar-refractivity contribution in [3.8, 4) is 0 Å². The molecule has 4 nitrogen and oxygen atoms in total. The number of ether oxygens (including phenoxy) is 1. The number of carbonyl (C=O) groups is 1. The van der Waals surface area contributed by atoms with E-state index in [0.29, 0.717) is 6.54 Å². The van der Waals surface area contributed by atoms with Gasteiger partial charge in [-0.3, -0.25) is 0 Å². The van der Waals surface area contributed by atoms with E-state index < -0.39 is 11.7 Å².